The average Bonchev–Trinajstić information content (AvgIpc) is 3.42. The summed E-state index contributed by atoms with van der Waals surface area (Å²) in [5.74, 6) is 0.520. The first-order chi connectivity index (χ1) is 20.2. The zero-order valence-electron chi connectivity index (χ0n) is 25.1. The topological polar surface area (TPSA) is 102 Å². The molecule has 3 heterocycles. The third-order valence-corrected chi connectivity index (χ3v) is 11.5. The van der Waals surface area contributed by atoms with Crippen LogP contribution in [0.15, 0.2) is 52.3 Å². The van der Waals surface area contributed by atoms with Gasteiger partial charge in [-0.25, -0.2) is 8.42 Å². The molecule has 1 spiro atoms. The summed E-state index contributed by atoms with van der Waals surface area (Å²) in [5, 5.41) is 6.70. The number of carbonyl (C=O) groups is 2. The van der Waals surface area contributed by atoms with Crippen molar-refractivity contribution in [3.05, 3.63) is 53.6 Å². The van der Waals surface area contributed by atoms with E-state index in [-0.39, 0.29) is 33.3 Å². The quantitative estimate of drug-likeness (QED) is 0.356. The van der Waals surface area contributed by atoms with Crippen LogP contribution in [0, 0.1) is 5.92 Å². The van der Waals surface area contributed by atoms with Crippen LogP contribution in [0.4, 0.5) is 0 Å². The minimum atomic E-state index is -3.91. The lowest BCUT2D eigenvalue weighted by Crippen LogP contribution is -2.59. The second-order valence-electron chi connectivity index (χ2n) is 12.6. The molecule has 228 valence electrons. The number of hydrogen-bond donors (Lipinski definition) is 2. The number of quaternary nitrogens is 1. The van der Waals surface area contributed by atoms with E-state index in [0.717, 1.165) is 18.4 Å². The monoisotopic (exact) mass is 596 g/mol. The Morgan fingerprint density at radius 2 is 1.62 bits per heavy atom. The average molecular weight is 597 g/mol. The summed E-state index contributed by atoms with van der Waals surface area (Å²) >= 11 is 0. The summed E-state index contributed by atoms with van der Waals surface area (Å²) in [5.41, 5.74) is 1.12. The lowest BCUT2D eigenvalue weighted by atomic mass is 9.89. The van der Waals surface area contributed by atoms with Crippen molar-refractivity contribution in [2.45, 2.75) is 93.1 Å². The molecule has 2 N–H and O–H groups in total. The maximum absolute atomic E-state index is 13.4. The fourth-order valence-electron chi connectivity index (χ4n) is 7.26. The Kier molecular flexibility index (Phi) is 9.70. The van der Waals surface area contributed by atoms with Gasteiger partial charge in [0.15, 0.2) is 5.78 Å². The van der Waals surface area contributed by atoms with Crippen LogP contribution in [0.5, 0.6) is 5.75 Å². The zero-order valence-corrected chi connectivity index (χ0v) is 25.9. The minimum absolute atomic E-state index is 0.0133. The molecule has 2 aromatic carbocycles. The Labute approximate surface area is 250 Å². The number of ether oxygens (including phenoxy) is 1. The highest BCUT2D eigenvalue weighted by atomic mass is 32.2. The summed E-state index contributed by atoms with van der Waals surface area (Å²) in [6.07, 6.45) is 11.5. The highest BCUT2D eigenvalue weighted by molar-refractivity contribution is 7.91. The standard InChI is InChI=1S/C33H45N3O5S/c1-24(37)26-12-15-31(41-2)32(21-26)42(39,40)28-13-10-25(11-14-28)22-34-33(38)30-20-27-23-36(19-16-29(27)35-30)17-8-6-4-3-5-7-9-18-36/h10-15,21,27,29-30,35H,3-9,16-20,22-23H2,1-2H3/p+1. The van der Waals surface area contributed by atoms with Gasteiger partial charge in [-0.15, -0.1) is 0 Å². The highest BCUT2D eigenvalue weighted by Gasteiger charge is 2.46. The van der Waals surface area contributed by atoms with Crippen LogP contribution in [0.2, 0.25) is 0 Å². The first kappa shape index (κ1) is 30.7. The van der Waals surface area contributed by atoms with Crippen molar-refractivity contribution >= 4 is 21.5 Å². The molecule has 3 atom stereocenters. The molecule has 3 aliphatic heterocycles. The van der Waals surface area contributed by atoms with E-state index >= 15 is 0 Å². The first-order valence-electron chi connectivity index (χ1n) is 15.6. The largest absolute Gasteiger partial charge is 0.495 e. The molecule has 0 radical (unpaired) electrons. The molecule has 2 aromatic rings. The number of amides is 1. The normalized spacial score (nSPS) is 24.5. The third kappa shape index (κ3) is 6.90. The molecule has 3 fully saturated rings. The maximum atomic E-state index is 13.4. The van der Waals surface area contributed by atoms with Gasteiger partial charge in [0.1, 0.15) is 10.6 Å². The predicted molar refractivity (Wildman–Crippen MR) is 162 cm³/mol. The van der Waals surface area contributed by atoms with Gasteiger partial charge >= 0.3 is 0 Å². The van der Waals surface area contributed by atoms with Crippen molar-refractivity contribution in [2.75, 3.05) is 33.3 Å². The van der Waals surface area contributed by atoms with E-state index in [1.807, 2.05) is 0 Å². The molecule has 0 aromatic heterocycles. The molecule has 0 aliphatic carbocycles. The Balaban J connectivity index is 1.18. The van der Waals surface area contributed by atoms with Gasteiger partial charge in [0.2, 0.25) is 15.7 Å². The number of Topliss-reactive ketones (excluding diaryl/α,β-unsaturated/α-hetero) is 1. The molecule has 0 saturated carbocycles. The first-order valence-corrected chi connectivity index (χ1v) is 17.1. The zero-order chi connectivity index (χ0) is 29.7. The van der Waals surface area contributed by atoms with Crippen LogP contribution >= 0.6 is 0 Å². The molecule has 5 rings (SSSR count). The second-order valence-corrected chi connectivity index (χ2v) is 14.5. The summed E-state index contributed by atoms with van der Waals surface area (Å²) in [6, 6.07) is 11.2. The SMILES string of the molecule is COc1ccc(C(C)=O)cc1S(=O)(=O)c1ccc(CNC(=O)C2CC3C[N+]4(CCCCCCCCC4)CCC3N2)cc1. The minimum Gasteiger partial charge on any atom is -0.495 e. The number of hydrogen-bond acceptors (Lipinski definition) is 6. The van der Waals surface area contributed by atoms with E-state index in [9.17, 15) is 18.0 Å². The van der Waals surface area contributed by atoms with Gasteiger partial charge in [0.25, 0.3) is 0 Å². The van der Waals surface area contributed by atoms with Crippen LogP contribution in [-0.4, -0.2) is 70.0 Å². The fraction of sp³-hybridized carbons (Fsp3) is 0.576. The van der Waals surface area contributed by atoms with E-state index in [4.69, 9.17) is 4.74 Å². The number of nitrogens with zero attached hydrogens (tertiary/aromatic N) is 1. The molecular weight excluding hydrogens is 550 g/mol. The number of benzene rings is 2. The summed E-state index contributed by atoms with van der Waals surface area (Å²) in [6.45, 7) is 6.73. The van der Waals surface area contributed by atoms with Crippen molar-refractivity contribution in [3.8, 4) is 5.75 Å². The van der Waals surface area contributed by atoms with Gasteiger partial charge in [-0.1, -0.05) is 31.4 Å². The van der Waals surface area contributed by atoms with E-state index in [2.05, 4.69) is 10.6 Å². The smallest absolute Gasteiger partial charge is 0.237 e. The number of sulfone groups is 1. The Morgan fingerprint density at radius 3 is 2.26 bits per heavy atom. The van der Waals surface area contributed by atoms with Crippen molar-refractivity contribution in [3.63, 3.8) is 0 Å². The molecule has 9 heteroatoms. The van der Waals surface area contributed by atoms with Crippen LogP contribution in [-0.2, 0) is 21.2 Å². The molecular formula is C33H46N3O5S+. The molecule has 8 nitrogen and oxygen atoms in total. The Hall–Kier alpha value is -2.75. The van der Waals surface area contributed by atoms with Gasteiger partial charge in [0, 0.05) is 30.5 Å². The summed E-state index contributed by atoms with van der Waals surface area (Å²) < 4.78 is 33.3. The summed E-state index contributed by atoms with van der Waals surface area (Å²) in [7, 11) is -2.50. The van der Waals surface area contributed by atoms with Gasteiger partial charge in [0.05, 0.1) is 44.2 Å². The molecule has 0 bridgehead atoms. The number of fused-ring (bicyclic) bond motifs is 1. The van der Waals surface area contributed by atoms with E-state index < -0.39 is 9.84 Å². The highest BCUT2D eigenvalue weighted by Crippen LogP contribution is 2.34. The molecule has 42 heavy (non-hydrogen) atoms. The number of piperidine rings is 1. The van der Waals surface area contributed by atoms with Crippen LogP contribution in [0.1, 0.15) is 80.6 Å². The van der Waals surface area contributed by atoms with Gasteiger partial charge < -0.3 is 19.9 Å². The fourth-order valence-corrected chi connectivity index (χ4v) is 8.71. The van der Waals surface area contributed by atoms with Crippen LogP contribution < -0.4 is 15.4 Å². The van der Waals surface area contributed by atoms with Gasteiger partial charge in [-0.3, -0.25) is 9.59 Å². The van der Waals surface area contributed by atoms with Crippen molar-refractivity contribution in [1.82, 2.24) is 10.6 Å². The third-order valence-electron chi connectivity index (χ3n) is 9.70. The maximum Gasteiger partial charge on any atom is 0.237 e. The Bertz CT molecular complexity index is 1360. The predicted octanol–water partition coefficient (Wildman–Crippen LogP) is 4.66. The second kappa shape index (κ2) is 13.3. The van der Waals surface area contributed by atoms with E-state index in [1.165, 1.54) is 114 Å². The lowest BCUT2D eigenvalue weighted by Gasteiger charge is -2.46. The van der Waals surface area contributed by atoms with E-state index in [0.29, 0.717) is 24.1 Å². The number of methoxy groups -OCH3 is 1. The molecule has 3 unspecified atom stereocenters. The number of ketones is 1. The Morgan fingerprint density at radius 1 is 0.952 bits per heavy atom. The van der Waals surface area contributed by atoms with Crippen LogP contribution in [0.3, 0.4) is 0 Å². The lowest BCUT2D eigenvalue weighted by molar-refractivity contribution is -0.936. The number of nitrogens with one attached hydrogen (secondary N) is 2. The van der Waals surface area contributed by atoms with Crippen molar-refractivity contribution in [2.24, 2.45) is 5.92 Å². The molecule has 1 amide bonds. The summed E-state index contributed by atoms with van der Waals surface area (Å²) in [4.78, 5) is 25.1. The van der Waals surface area contributed by atoms with Gasteiger partial charge in [-0.2, -0.15) is 0 Å². The van der Waals surface area contributed by atoms with E-state index in [1.54, 1.807) is 18.2 Å². The number of carbonyl (C=O) groups excluding carboxylic acids is 2. The van der Waals surface area contributed by atoms with Crippen molar-refractivity contribution < 1.29 is 27.2 Å². The van der Waals surface area contributed by atoms with Crippen molar-refractivity contribution in [1.29, 1.82) is 0 Å². The molecule has 3 saturated heterocycles. The van der Waals surface area contributed by atoms with Gasteiger partial charge in [-0.05, 0) is 74.9 Å². The van der Waals surface area contributed by atoms with Crippen LogP contribution in [0.25, 0.3) is 0 Å². The molecule has 3 aliphatic rings. The number of rotatable bonds is 7.